The van der Waals surface area contributed by atoms with Gasteiger partial charge in [-0.1, -0.05) is 20.3 Å². The SMILES string of the molecule is COc1ccc(OC)c(C2(O)CC(C)CCC2C)c1. The lowest BCUT2D eigenvalue weighted by molar-refractivity contribution is -0.0642. The maximum atomic E-state index is 11.2. The highest BCUT2D eigenvalue weighted by Gasteiger charge is 2.42. The molecule has 1 aromatic carbocycles. The molecule has 1 aliphatic rings. The molecule has 0 saturated heterocycles. The summed E-state index contributed by atoms with van der Waals surface area (Å²) in [5.74, 6) is 2.25. The van der Waals surface area contributed by atoms with Gasteiger partial charge in [0, 0.05) is 5.56 Å². The Bertz CT molecular complexity index is 444. The van der Waals surface area contributed by atoms with Crippen molar-refractivity contribution in [3.8, 4) is 11.5 Å². The summed E-state index contributed by atoms with van der Waals surface area (Å²) in [7, 11) is 3.29. The van der Waals surface area contributed by atoms with Crippen molar-refractivity contribution >= 4 is 0 Å². The van der Waals surface area contributed by atoms with Crippen molar-refractivity contribution in [3.05, 3.63) is 23.8 Å². The van der Waals surface area contributed by atoms with Gasteiger partial charge in [-0.3, -0.25) is 0 Å². The van der Waals surface area contributed by atoms with Gasteiger partial charge in [-0.25, -0.2) is 0 Å². The molecule has 3 nitrogen and oxygen atoms in total. The quantitative estimate of drug-likeness (QED) is 0.910. The number of aliphatic hydroxyl groups is 1. The Morgan fingerprint density at radius 3 is 2.53 bits per heavy atom. The molecule has 1 N–H and O–H groups in total. The molecule has 1 saturated carbocycles. The van der Waals surface area contributed by atoms with Crippen LogP contribution in [-0.4, -0.2) is 19.3 Å². The van der Waals surface area contributed by atoms with Crippen molar-refractivity contribution in [2.24, 2.45) is 11.8 Å². The van der Waals surface area contributed by atoms with Crippen LogP contribution in [0.3, 0.4) is 0 Å². The summed E-state index contributed by atoms with van der Waals surface area (Å²) < 4.78 is 10.7. The molecule has 0 aromatic heterocycles. The molecule has 106 valence electrons. The van der Waals surface area contributed by atoms with Crippen LogP contribution in [0.25, 0.3) is 0 Å². The first kappa shape index (κ1) is 14.2. The largest absolute Gasteiger partial charge is 0.497 e. The van der Waals surface area contributed by atoms with E-state index in [9.17, 15) is 5.11 Å². The molecule has 0 amide bonds. The van der Waals surface area contributed by atoms with E-state index in [-0.39, 0.29) is 5.92 Å². The van der Waals surface area contributed by atoms with Gasteiger partial charge in [0.25, 0.3) is 0 Å². The van der Waals surface area contributed by atoms with Gasteiger partial charge in [-0.05, 0) is 42.9 Å². The first-order chi connectivity index (χ1) is 9.01. The number of hydrogen-bond donors (Lipinski definition) is 1. The van der Waals surface area contributed by atoms with E-state index in [4.69, 9.17) is 9.47 Å². The fourth-order valence-corrected chi connectivity index (χ4v) is 3.14. The molecule has 2 rings (SSSR count). The first-order valence-electron chi connectivity index (χ1n) is 6.96. The zero-order valence-corrected chi connectivity index (χ0v) is 12.3. The van der Waals surface area contributed by atoms with E-state index >= 15 is 0 Å². The van der Waals surface area contributed by atoms with E-state index in [1.165, 1.54) is 6.42 Å². The third kappa shape index (κ3) is 2.57. The predicted octanol–water partition coefficient (Wildman–Crippen LogP) is 3.35. The van der Waals surface area contributed by atoms with Gasteiger partial charge in [0.2, 0.25) is 0 Å². The minimum Gasteiger partial charge on any atom is -0.497 e. The maximum Gasteiger partial charge on any atom is 0.125 e. The van der Waals surface area contributed by atoms with Crippen molar-refractivity contribution < 1.29 is 14.6 Å². The number of ether oxygens (including phenoxy) is 2. The van der Waals surface area contributed by atoms with Crippen LogP contribution in [0.15, 0.2) is 18.2 Å². The molecule has 3 unspecified atom stereocenters. The van der Waals surface area contributed by atoms with E-state index in [2.05, 4.69) is 13.8 Å². The van der Waals surface area contributed by atoms with E-state index in [1.54, 1.807) is 14.2 Å². The Labute approximate surface area is 115 Å². The molecule has 1 aliphatic carbocycles. The second-order valence-corrected chi connectivity index (χ2v) is 5.78. The summed E-state index contributed by atoms with van der Waals surface area (Å²) in [6.45, 7) is 4.31. The smallest absolute Gasteiger partial charge is 0.125 e. The van der Waals surface area contributed by atoms with Crippen LogP contribution in [0.2, 0.25) is 0 Å². The number of methoxy groups -OCH3 is 2. The second kappa shape index (κ2) is 5.41. The summed E-state index contributed by atoms with van der Waals surface area (Å²) in [5, 5.41) is 11.2. The van der Waals surface area contributed by atoms with Crippen molar-refractivity contribution in [1.82, 2.24) is 0 Å². The predicted molar refractivity (Wildman–Crippen MR) is 75.6 cm³/mol. The summed E-state index contributed by atoms with van der Waals surface area (Å²) in [6, 6.07) is 5.65. The van der Waals surface area contributed by atoms with Crippen LogP contribution in [0.1, 0.15) is 38.7 Å². The molecule has 1 aromatic rings. The minimum absolute atomic E-state index is 0.227. The third-order valence-electron chi connectivity index (χ3n) is 4.44. The van der Waals surface area contributed by atoms with Crippen LogP contribution in [0, 0.1) is 11.8 Å². The Balaban J connectivity index is 2.47. The van der Waals surface area contributed by atoms with Crippen LogP contribution in [0.5, 0.6) is 11.5 Å². The Hall–Kier alpha value is -1.22. The Kier molecular flexibility index (Phi) is 4.04. The lowest BCUT2D eigenvalue weighted by atomic mass is 9.68. The molecule has 1 fully saturated rings. The Morgan fingerprint density at radius 1 is 1.16 bits per heavy atom. The highest BCUT2D eigenvalue weighted by molar-refractivity contribution is 5.44. The van der Waals surface area contributed by atoms with Gasteiger partial charge in [0.1, 0.15) is 11.5 Å². The fourth-order valence-electron chi connectivity index (χ4n) is 3.14. The molecule has 0 bridgehead atoms. The van der Waals surface area contributed by atoms with Crippen molar-refractivity contribution in [1.29, 1.82) is 0 Å². The maximum absolute atomic E-state index is 11.2. The molecule has 0 aliphatic heterocycles. The van der Waals surface area contributed by atoms with E-state index in [0.717, 1.165) is 29.9 Å². The lowest BCUT2D eigenvalue weighted by Gasteiger charge is -2.42. The summed E-state index contributed by atoms with van der Waals surface area (Å²) in [5.41, 5.74) is 0.0331. The van der Waals surface area contributed by atoms with Crippen molar-refractivity contribution in [2.45, 2.75) is 38.7 Å². The summed E-state index contributed by atoms with van der Waals surface area (Å²) in [4.78, 5) is 0. The number of rotatable bonds is 3. The van der Waals surface area contributed by atoms with Gasteiger partial charge in [0.15, 0.2) is 0 Å². The first-order valence-corrected chi connectivity index (χ1v) is 6.96. The standard InChI is InChI=1S/C16H24O3/c1-11-5-6-12(2)16(17,10-11)14-9-13(18-3)7-8-15(14)19-4/h7-9,11-12,17H,5-6,10H2,1-4H3. The topological polar surface area (TPSA) is 38.7 Å². The monoisotopic (exact) mass is 264 g/mol. The van der Waals surface area contributed by atoms with Gasteiger partial charge in [-0.2, -0.15) is 0 Å². The van der Waals surface area contributed by atoms with Crippen LogP contribution in [0.4, 0.5) is 0 Å². The summed E-state index contributed by atoms with van der Waals surface area (Å²) >= 11 is 0. The average molecular weight is 264 g/mol. The van der Waals surface area contributed by atoms with E-state index in [0.29, 0.717) is 5.92 Å². The number of hydrogen-bond acceptors (Lipinski definition) is 3. The number of benzene rings is 1. The zero-order valence-electron chi connectivity index (χ0n) is 12.3. The fraction of sp³-hybridized carbons (Fsp3) is 0.625. The van der Waals surface area contributed by atoms with E-state index in [1.807, 2.05) is 18.2 Å². The molecular formula is C16H24O3. The van der Waals surface area contributed by atoms with Gasteiger partial charge in [-0.15, -0.1) is 0 Å². The molecular weight excluding hydrogens is 240 g/mol. The van der Waals surface area contributed by atoms with Crippen LogP contribution < -0.4 is 9.47 Å². The van der Waals surface area contributed by atoms with Crippen molar-refractivity contribution in [3.63, 3.8) is 0 Å². The lowest BCUT2D eigenvalue weighted by Crippen LogP contribution is -2.39. The van der Waals surface area contributed by atoms with Gasteiger partial charge < -0.3 is 14.6 Å². The van der Waals surface area contributed by atoms with Gasteiger partial charge in [0.05, 0.1) is 19.8 Å². The molecule has 0 radical (unpaired) electrons. The van der Waals surface area contributed by atoms with Crippen LogP contribution in [-0.2, 0) is 5.60 Å². The highest BCUT2D eigenvalue weighted by atomic mass is 16.5. The zero-order chi connectivity index (χ0) is 14.0. The molecule has 0 heterocycles. The molecule has 19 heavy (non-hydrogen) atoms. The van der Waals surface area contributed by atoms with E-state index < -0.39 is 5.60 Å². The molecule has 3 atom stereocenters. The molecule has 0 spiro atoms. The second-order valence-electron chi connectivity index (χ2n) is 5.78. The third-order valence-corrected chi connectivity index (χ3v) is 4.44. The van der Waals surface area contributed by atoms with Gasteiger partial charge >= 0.3 is 0 Å². The highest BCUT2D eigenvalue weighted by Crippen LogP contribution is 2.47. The average Bonchev–Trinajstić information content (AvgIpc) is 2.42. The molecule has 3 heteroatoms. The normalized spacial score (nSPS) is 31.0. The Morgan fingerprint density at radius 2 is 1.89 bits per heavy atom. The van der Waals surface area contributed by atoms with Crippen LogP contribution >= 0.6 is 0 Å². The summed E-state index contributed by atoms with van der Waals surface area (Å²) in [6.07, 6.45) is 2.99. The minimum atomic E-state index is -0.822. The van der Waals surface area contributed by atoms with Crippen molar-refractivity contribution in [2.75, 3.05) is 14.2 Å².